The molecule has 0 aromatic heterocycles. The lowest BCUT2D eigenvalue weighted by atomic mass is 10.1. The van der Waals surface area contributed by atoms with Crippen LogP contribution in [0.15, 0.2) is 24.3 Å². The molecule has 1 aromatic carbocycles. The number of hydrogen-bond acceptors (Lipinski definition) is 4. The van der Waals surface area contributed by atoms with Crippen LogP contribution in [0.4, 0.5) is 0 Å². The molecule has 2 rings (SSSR count). The monoisotopic (exact) mass is 317 g/mol. The van der Waals surface area contributed by atoms with Crippen LogP contribution < -0.4 is 0 Å². The van der Waals surface area contributed by atoms with E-state index in [9.17, 15) is 13.5 Å². The van der Waals surface area contributed by atoms with Crippen molar-refractivity contribution in [2.24, 2.45) is 0 Å². The Kier molecular flexibility index (Phi) is 5.43. The SMILES string of the molecule is O=S1(=O)CCCN(CCC(O)c2ccc(Cl)cc2)CC1. The first-order valence-corrected chi connectivity index (χ1v) is 9.02. The predicted octanol–water partition coefficient (Wildman–Crippen LogP) is 1.88. The molecular formula is C14H20ClNO3S. The normalized spacial score (nSPS) is 21.3. The van der Waals surface area contributed by atoms with Gasteiger partial charge in [-0.05, 0) is 37.1 Å². The fourth-order valence-electron chi connectivity index (χ4n) is 2.37. The van der Waals surface area contributed by atoms with E-state index in [2.05, 4.69) is 4.90 Å². The summed E-state index contributed by atoms with van der Waals surface area (Å²) in [6.07, 6.45) is 0.744. The zero-order valence-corrected chi connectivity index (χ0v) is 12.9. The molecule has 4 nitrogen and oxygen atoms in total. The molecule has 112 valence electrons. The van der Waals surface area contributed by atoms with E-state index < -0.39 is 15.9 Å². The Bertz CT molecular complexity index is 530. The van der Waals surface area contributed by atoms with Crippen LogP contribution in [-0.2, 0) is 9.84 Å². The lowest BCUT2D eigenvalue weighted by Gasteiger charge is -2.21. The molecular weight excluding hydrogens is 298 g/mol. The van der Waals surface area contributed by atoms with Crippen molar-refractivity contribution in [2.45, 2.75) is 18.9 Å². The lowest BCUT2D eigenvalue weighted by Crippen LogP contribution is -2.29. The highest BCUT2D eigenvalue weighted by molar-refractivity contribution is 7.91. The summed E-state index contributed by atoms with van der Waals surface area (Å²) in [6.45, 7) is 2.06. The molecule has 1 aliphatic heterocycles. The molecule has 0 bridgehead atoms. The Morgan fingerprint density at radius 1 is 1.20 bits per heavy atom. The fourth-order valence-corrected chi connectivity index (χ4v) is 3.81. The second-order valence-corrected chi connectivity index (χ2v) is 7.94. The molecule has 1 heterocycles. The van der Waals surface area contributed by atoms with Crippen molar-refractivity contribution < 1.29 is 13.5 Å². The first-order valence-electron chi connectivity index (χ1n) is 6.82. The molecule has 1 aliphatic rings. The molecule has 1 aromatic rings. The average Bonchev–Trinajstić information content (AvgIpc) is 2.58. The van der Waals surface area contributed by atoms with E-state index >= 15 is 0 Å². The van der Waals surface area contributed by atoms with Crippen molar-refractivity contribution in [3.8, 4) is 0 Å². The van der Waals surface area contributed by atoms with Gasteiger partial charge in [0.1, 0.15) is 0 Å². The van der Waals surface area contributed by atoms with Crippen LogP contribution in [0, 0.1) is 0 Å². The number of rotatable bonds is 4. The summed E-state index contributed by atoms with van der Waals surface area (Å²) in [4.78, 5) is 2.11. The molecule has 20 heavy (non-hydrogen) atoms. The third-order valence-corrected chi connectivity index (χ3v) is 5.59. The Hall–Kier alpha value is -0.620. The third kappa shape index (κ3) is 4.74. The summed E-state index contributed by atoms with van der Waals surface area (Å²) in [5.41, 5.74) is 0.844. The van der Waals surface area contributed by atoms with Gasteiger partial charge in [-0.1, -0.05) is 23.7 Å². The van der Waals surface area contributed by atoms with Gasteiger partial charge in [0, 0.05) is 18.1 Å². The van der Waals surface area contributed by atoms with Crippen molar-refractivity contribution in [3.05, 3.63) is 34.9 Å². The van der Waals surface area contributed by atoms with Crippen LogP contribution in [-0.4, -0.2) is 49.6 Å². The summed E-state index contributed by atoms with van der Waals surface area (Å²) in [7, 11) is -2.87. The predicted molar refractivity (Wildman–Crippen MR) is 80.7 cm³/mol. The maximum Gasteiger partial charge on any atom is 0.151 e. The van der Waals surface area contributed by atoms with Crippen molar-refractivity contribution in [2.75, 3.05) is 31.1 Å². The Labute approximate surface area is 125 Å². The van der Waals surface area contributed by atoms with E-state index in [0.29, 0.717) is 31.0 Å². The molecule has 0 amide bonds. The number of halogens is 1. The maximum atomic E-state index is 11.5. The molecule has 0 aliphatic carbocycles. The van der Waals surface area contributed by atoms with Crippen molar-refractivity contribution in [1.82, 2.24) is 4.90 Å². The van der Waals surface area contributed by atoms with Gasteiger partial charge in [0.15, 0.2) is 9.84 Å². The minimum Gasteiger partial charge on any atom is -0.388 e. The zero-order valence-electron chi connectivity index (χ0n) is 11.3. The van der Waals surface area contributed by atoms with Gasteiger partial charge in [-0.15, -0.1) is 0 Å². The molecule has 1 saturated heterocycles. The molecule has 1 N–H and O–H groups in total. The minimum atomic E-state index is -2.87. The smallest absolute Gasteiger partial charge is 0.151 e. The number of hydrogen-bond donors (Lipinski definition) is 1. The summed E-state index contributed by atoms with van der Waals surface area (Å²) in [6, 6.07) is 7.16. The summed E-state index contributed by atoms with van der Waals surface area (Å²) < 4.78 is 23.0. The first-order chi connectivity index (χ1) is 9.46. The summed E-state index contributed by atoms with van der Waals surface area (Å²) in [5, 5.41) is 10.8. The average molecular weight is 318 g/mol. The van der Waals surface area contributed by atoms with Crippen molar-refractivity contribution >= 4 is 21.4 Å². The van der Waals surface area contributed by atoms with E-state index in [0.717, 1.165) is 12.1 Å². The van der Waals surface area contributed by atoms with Crippen LogP contribution in [0.3, 0.4) is 0 Å². The lowest BCUT2D eigenvalue weighted by molar-refractivity contribution is 0.144. The quantitative estimate of drug-likeness (QED) is 0.921. The molecule has 0 spiro atoms. The van der Waals surface area contributed by atoms with Crippen LogP contribution in [0.2, 0.25) is 5.02 Å². The second kappa shape index (κ2) is 6.89. The first kappa shape index (κ1) is 15.8. The van der Waals surface area contributed by atoms with E-state index in [1.54, 1.807) is 12.1 Å². The Morgan fingerprint density at radius 3 is 2.60 bits per heavy atom. The Balaban J connectivity index is 1.84. The largest absolute Gasteiger partial charge is 0.388 e. The highest BCUT2D eigenvalue weighted by Crippen LogP contribution is 2.19. The van der Waals surface area contributed by atoms with Gasteiger partial charge in [-0.3, -0.25) is 0 Å². The van der Waals surface area contributed by atoms with Crippen LogP contribution in [0.5, 0.6) is 0 Å². The van der Waals surface area contributed by atoms with Gasteiger partial charge in [0.2, 0.25) is 0 Å². The summed E-state index contributed by atoms with van der Waals surface area (Å²) >= 11 is 5.81. The number of sulfone groups is 1. The third-order valence-electron chi connectivity index (χ3n) is 3.62. The van der Waals surface area contributed by atoms with Gasteiger partial charge in [0.25, 0.3) is 0 Å². The van der Waals surface area contributed by atoms with E-state index in [1.165, 1.54) is 0 Å². The molecule has 1 unspecified atom stereocenters. The topological polar surface area (TPSA) is 57.6 Å². The molecule has 6 heteroatoms. The number of aliphatic hydroxyl groups is 1. The molecule has 0 saturated carbocycles. The van der Waals surface area contributed by atoms with E-state index in [4.69, 9.17) is 11.6 Å². The van der Waals surface area contributed by atoms with Crippen LogP contribution in [0.1, 0.15) is 24.5 Å². The highest BCUT2D eigenvalue weighted by Gasteiger charge is 2.19. The molecule has 0 radical (unpaired) electrons. The summed E-state index contributed by atoms with van der Waals surface area (Å²) in [5.74, 6) is 0.507. The zero-order chi connectivity index (χ0) is 14.6. The number of aliphatic hydroxyl groups excluding tert-OH is 1. The van der Waals surface area contributed by atoms with Crippen LogP contribution >= 0.6 is 11.6 Å². The van der Waals surface area contributed by atoms with Crippen molar-refractivity contribution in [3.63, 3.8) is 0 Å². The number of benzene rings is 1. The fraction of sp³-hybridized carbons (Fsp3) is 0.571. The van der Waals surface area contributed by atoms with Gasteiger partial charge in [0.05, 0.1) is 17.6 Å². The second-order valence-electron chi connectivity index (χ2n) is 5.20. The van der Waals surface area contributed by atoms with Crippen LogP contribution in [0.25, 0.3) is 0 Å². The van der Waals surface area contributed by atoms with E-state index in [1.807, 2.05) is 12.1 Å². The van der Waals surface area contributed by atoms with Gasteiger partial charge in [-0.25, -0.2) is 8.42 Å². The standard InChI is InChI=1S/C14H20ClNO3S/c15-13-4-2-12(3-5-13)14(17)6-8-16-7-1-10-20(18,19)11-9-16/h2-5,14,17H,1,6-11H2. The molecule has 1 fully saturated rings. The maximum absolute atomic E-state index is 11.5. The van der Waals surface area contributed by atoms with Gasteiger partial charge >= 0.3 is 0 Å². The van der Waals surface area contributed by atoms with E-state index in [-0.39, 0.29) is 11.5 Å². The highest BCUT2D eigenvalue weighted by atomic mass is 35.5. The minimum absolute atomic E-state index is 0.226. The molecule has 1 atom stereocenters. The van der Waals surface area contributed by atoms with Crippen molar-refractivity contribution in [1.29, 1.82) is 0 Å². The van der Waals surface area contributed by atoms with Gasteiger partial charge in [-0.2, -0.15) is 0 Å². The number of nitrogens with zero attached hydrogens (tertiary/aromatic N) is 1. The van der Waals surface area contributed by atoms with Gasteiger partial charge < -0.3 is 10.0 Å². The Morgan fingerprint density at radius 2 is 1.90 bits per heavy atom.